The molecule has 0 bridgehead atoms. The molecule has 0 aromatic heterocycles. The van der Waals surface area contributed by atoms with Crippen LogP contribution in [0.25, 0.3) is 0 Å². The second-order valence-corrected chi connectivity index (χ2v) is 2.61. The lowest BCUT2D eigenvalue weighted by Gasteiger charge is -2.06. The van der Waals surface area contributed by atoms with Gasteiger partial charge in [0.25, 0.3) is 0 Å². The Labute approximate surface area is 54.3 Å². The van der Waals surface area contributed by atoms with Gasteiger partial charge in [-0.3, -0.25) is 0 Å². The molecule has 0 rings (SSSR count). The monoisotopic (exact) mass is 180 g/mol. The van der Waals surface area contributed by atoms with Crippen molar-refractivity contribution < 1.29 is 32.0 Å². The van der Waals surface area contributed by atoms with Crippen LogP contribution in [0.5, 0.6) is 0 Å². The molecule has 0 aliphatic rings. The van der Waals surface area contributed by atoms with Gasteiger partial charge in [-0.2, -0.15) is 0 Å². The molecule has 0 aliphatic carbocycles. The molecule has 0 heterocycles. The Hall–Kier alpha value is -0.100. The fourth-order valence-corrected chi connectivity index (χ4v) is 0.663. The number of halogens is 3. The van der Waals surface area contributed by atoms with Crippen LogP contribution in [-0.4, -0.2) is 6.36 Å². The van der Waals surface area contributed by atoms with Crippen molar-refractivity contribution in [1.82, 2.24) is 0 Å². The molecule has 4 nitrogen and oxygen atoms in total. The average molecular weight is 180 g/mol. The van der Waals surface area contributed by atoms with Crippen molar-refractivity contribution in [2.75, 3.05) is 0 Å². The van der Waals surface area contributed by atoms with Crippen LogP contribution in [0.1, 0.15) is 6.92 Å². The van der Waals surface area contributed by atoms with Crippen LogP contribution < -0.4 is 0 Å². The molecule has 0 aromatic rings. The lowest BCUT2D eigenvalue weighted by molar-refractivity contribution is -0.133. The molecule has 1 atom stereocenters. The number of rotatable bonds is 4. The maximum Gasteiger partial charge on any atom is 0.539 e. The van der Waals surface area contributed by atoms with Gasteiger partial charge in [0.1, 0.15) is 0 Å². The fraction of sp³-hybridized carbons (Fsp3) is 1.00. The molecule has 0 spiro atoms. The summed E-state index contributed by atoms with van der Waals surface area (Å²) in [4.78, 5) is 0. The smallest absolute Gasteiger partial charge is 0.248 e. The summed E-state index contributed by atoms with van der Waals surface area (Å²) in [5, 5.41) is 0. The molecule has 8 heteroatoms. The molecule has 0 fully saturated rings. The lowest BCUT2D eigenvalue weighted by Crippen LogP contribution is -1.98. The van der Waals surface area contributed by atoms with Gasteiger partial charge in [0.15, 0.2) is 0 Å². The van der Waals surface area contributed by atoms with E-state index in [-0.39, 0.29) is 0 Å². The normalized spacial score (nSPS) is 15.2. The van der Waals surface area contributed by atoms with Crippen LogP contribution in [0.15, 0.2) is 0 Å². The number of hydrogen-bond acceptors (Lipinski definition) is 4. The van der Waals surface area contributed by atoms with Crippen molar-refractivity contribution in [2.24, 2.45) is 0 Å². The van der Waals surface area contributed by atoms with E-state index in [1.54, 1.807) is 0 Å². The van der Waals surface area contributed by atoms with Crippen molar-refractivity contribution in [3.05, 3.63) is 0 Å². The van der Waals surface area contributed by atoms with Crippen molar-refractivity contribution >= 4 is 7.82 Å². The molecule has 0 radical (unpaired) electrons. The molecule has 0 aromatic carbocycles. The Morgan fingerprint density at radius 1 is 1.40 bits per heavy atom. The Morgan fingerprint density at radius 2 is 1.80 bits per heavy atom. The van der Waals surface area contributed by atoms with E-state index in [0.717, 1.165) is 6.92 Å². The predicted molar refractivity (Wildman–Crippen MR) is 23.6 cm³/mol. The maximum absolute atomic E-state index is 11.7. The van der Waals surface area contributed by atoms with Gasteiger partial charge in [0.2, 0.25) is 6.36 Å². The minimum Gasteiger partial charge on any atom is -0.248 e. The third-order valence-electron chi connectivity index (χ3n) is 0.443. The van der Waals surface area contributed by atoms with E-state index in [9.17, 15) is 18.0 Å². The predicted octanol–water partition coefficient (Wildman–Crippen LogP) is 2.23. The molecule has 62 valence electrons. The van der Waals surface area contributed by atoms with Crippen LogP contribution in [0.4, 0.5) is 13.4 Å². The van der Waals surface area contributed by atoms with Gasteiger partial charge in [-0.15, -0.1) is 0 Å². The first-order valence-electron chi connectivity index (χ1n) is 2.07. The molecule has 0 aliphatic heterocycles. The molecule has 0 amide bonds. The highest BCUT2D eigenvalue weighted by molar-refractivity contribution is 7.48. The first-order valence-corrected chi connectivity index (χ1v) is 3.53. The summed E-state index contributed by atoms with van der Waals surface area (Å²) < 4.78 is 52.0. The first kappa shape index (κ1) is 9.90. The zero-order valence-electron chi connectivity index (χ0n) is 4.79. The number of alkyl halides is 1. The minimum absolute atomic E-state index is 0.755. The second kappa shape index (κ2) is 3.92. The Kier molecular flexibility index (Phi) is 3.88. The number of phosphoric acid groups is 1. The van der Waals surface area contributed by atoms with Gasteiger partial charge < -0.3 is 0 Å². The van der Waals surface area contributed by atoms with Crippen LogP contribution in [0.2, 0.25) is 0 Å². The summed E-state index contributed by atoms with van der Waals surface area (Å²) in [5.41, 5.74) is 0. The molecule has 1 unspecified atom stereocenters. The summed E-state index contributed by atoms with van der Waals surface area (Å²) in [6, 6.07) is 0. The molecule has 0 saturated heterocycles. The van der Waals surface area contributed by atoms with E-state index in [0.29, 0.717) is 0 Å². The van der Waals surface area contributed by atoms with E-state index in [1.807, 2.05) is 0 Å². The third kappa shape index (κ3) is 3.17. The third-order valence-corrected chi connectivity index (χ3v) is 1.33. The Balaban J connectivity index is 3.94. The van der Waals surface area contributed by atoms with Crippen molar-refractivity contribution in [3.63, 3.8) is 0 Å². The van der Waals surface area contributed by atoms with E-state index < -0.39 is 14.2 Å². The highest BCUT2D eigenvalue weighted by Gasteiger charge is 2.32. The summed E-state index contributed by atoms with van der Waals surface area (Å²) >= 11 is 0. The van der Waals surface area contributed by atoms with Gasteiger partial charge in [-0.25, -0.2) is 13.5 Å². The number of hydrogen-bond donors (Lipinski definition) is 0. The van der Waals surface area contributed by atoms with E-state index in [2.05, 4.69) is 14.0 Å². The molecular weight excluding hydrogens is 176 g/mol. The molecule has 0 N–H and O–H groups in total. The van der Waals surface area contributed by atoms with Crippen LogP contribution in [-0.2, 0) is 18.5 Å². The summed E-state index contributed by atoms with van der Waals surface area (Å²) in [6.07, 6.45) is -2.14. The van der Waals surface area contributed by atoms with Gasteiger partial charge in [-0.05, 0) is 16.0 Å². The minimum atomic E-state index is -4.95. The lowest BCUT2D eigenvalue weighted by atomic mass is 10.8. The van der Waals surface area contributed by atoms with Crippen LogP contribution >= 0.6 is 7.82 Å². The highest BCUT2D eigenvalue weighted by Crippen LogP contribution is 2.51. The first-order chi connectivity index (χ1) is 4.54. The molecular formula is C2H4F3O4P. The van der Waals surface area contributed by atoms with E-state index in [1.165, 1.54) is 0 Å². The zero-order chi connectivity index (χ0) is 8.20. The Morgan fingerprint density at radius 3 is 1.90 bits per heavy atom. The van der Waals surface area contributed by atoms with Gasteiger partial charge >= 0.3 is 7.82 Å². The van der Waals surface area contributed by atoms with Gasteiger partial charge in [-0.1, -0.05) is 9.46 Å². The van der Waals surface area contributed by atoms with Crippen molar-refractivity contribution in [3.8, 4) is 0 Å². The standard InChI is InChI=1S/C2H4F3O4P/c1-2(3)7-10(6,8-4)9-5/h2H,1H3. The average Bonchev–Trinajstić information content (AvgIpc) is 1.87. The zero-order valence-corrected chi connectivity index (χ0v) is 5.69. The van der Waals surface area contributed by atoms with Crippen LogP contribution in [0.3, 0.4) is 0 Å². The quantitative estimate of drug-likeness (QED) is 0.622. The van der Waals surface area contributed by atoms with E-state index >= 15 is 0 Å². The molecule has 10 heavy (non-hydrogen) atoms. The summed E-state index contributed by atoms with van der Waals surface area (Å²) in [7, 11) is -4.95. The highest BCUT2D eigenvalue weighted by atomic mass is 31.2. The van der Waals surface area contributed by atoms with Crippen molar-refractivity contribution in [1.29, 1.82) is 0 Å². The van der Waals surface area contributed by atoms with Crippen LogP contribution in [0, 0.1) is 0 Å². The second-order valence-electron chi connectivity index (χ2n) is 1.23. The molecule has 0 saturated carbocycles. The fourth-order valence-electron chi connectivity index (χ4n) is 0.221. The van der Waals surface area contributed by atoms with Gasteiger partial charge in [0.05, 0.1) is 0 Å². The largest absolute Gasteiger partial charge is 0.539 e. The topological polar surface area (TPSA) is 44.8 Å². The Bertz CT molecular complexity index is 130. The summed E-state index contributed by atoms with van der Waals surface area (Å²) in [6.45, 7) is 0.755. The van der Waals surface area contributed by atoms with Crippen molar-refractivity contribution in [2.45, 2.75) is 13.3 Å². The van der Waals surface area contributed by atoms with E-state index in [4.69, 9.17) is 0 Å². The SMILES string of the molecule is CC(F)OP(=O)(OF)OF. The summed E-state index contributed by atoms with van der Waals surface area (Å²) in [5.74, 6) is 0. The van der Waals surface area contributed by atoms with Gasteiger partial charge in [0, 0.05) is 0 Å². The maximum atomic E-state index is 11.7.